The average Bonchev–Trinajstić information content (AvgIpc) is 2.46. The lowest BCUT2D eigenvalue weighted by Gasteiger charge is -2.06. The molecule has 1 aromatic carbocycles. The molecule has 19 heavy (non-hydrogen) atoms. The molecular weight excluding hydrogens is 242 g/mol. The van der Waals surface area contributed by atoms with Gasteiger partial charge in [-0.2, -0.15) is 0 Å². The van der Waals surface area contributed by atoms with Crippen molar-refractivity contribution < 1.29 is 14.6 Å². The number of hydrogen-bond donors (Lipinski definition) is 1. The maximum atomic E-state index is 11.0. The molecule has 0 aliphatic heterocycles. The number of hydrogen-bond acceptors (Lipinski definition) is 3. The van der Waals surface area contributed by atoms with Gasteiger partial charge in [-0.05, 0) is 41.5 Å². The fraction of sp³-hybridized carbons (Fsp3) is 0.0667. The van der Waals surface area contributed by atoms with E-state index in [1.54, 1.807) is 13.2 Å². The number of aromatic nitrogens is 1. The predicted octanol–water partition coefficient (Wildman–Crippen LogP) is 3.10. The fourth-order valence-electron chi connectivity index (χ4n) is 1.72. The van der Waals surface area contributed by atoms with E-state index in [9.17, 15) is 4.79 Å². The smallest absolute Gasteiger partial charge is 0.354 e. The summed E-state index contributed by atoms with van der Waals surface area (Å²) >= 11 is 0. The van der Waals surface area contributed by atoms with E-state index in [-0.39, 0.29) is 5.69 Å². The molecule has 1 aromatic heterocycles. The Morgan fingerprint density at radius 3 is 2.47 bits per heavy atom. The Morgan fingerprint density at radius 2 is 1.95 bits per heavy atom. The summed E-state index contributed by atoms with van der Waals surface area (Å²) in [6.07, 6.45) is 1.53. The van der Waals surface area contributed by atoms with E-state index in [1.165, 1.54) is 12.1 Å². The van der Waals surface area contributed by atoms with Gasteiger partial charge in [0.15, 0.2) is 0 Å². The van der Waals surface area contributed by atoms with Gasteiger partial charge in [0.2, 0.25) is 0 Å². The molecule has 0 fully saturated rings. The standard InChI is InChI=1S/C15H13NO3/c1-3-12-8-11(9-14(16-12)15(17)18)10-4-6-13(19-2)7-5-10/h3-9H,1H2,2H3,(H,17,18). The van der Waals surface area contributed by atoms with Crippen LogP contribution in [0.5, 0.6) is 5.75 Å². The van der Waals surface area contributed by atoms with Gasteiger partial charge in [-0.25, -0.2) is 9.78 Å². The number of methoxy groups -OCH3 is 1. The lowest BCUT2D eigenvalue weighted by atomic mass is 10.0. The number of pyridine rings is 1. The van der Waals surface area contributed by atoms with Crippen molar-refractivity contribution in [2.75, 3.05) is 7.11 Å². The summed E-state index contributed by atoms with van der Waals surface area (Å²) < 4.78 is 5.09. The minimum Gasteiger partial charge on any atom is -0.497 e. The summed E-state index contributed by atoms with van der Waals surface area (Å²) in [4.78, 5) is 15.0. The van der Waals surface area contributed by atoms with Crippen molar-refractivity contribution >= 4 is 12.0 Å². The zero-order chi connectivity index (χ0) is 13.8. The van der Waals surface area contributed by atoms with Crippen molar-refractivity contribution in [2.24, 2.45) is 0 Å². The topological polar surface area (TPSA) is 59.4 Å². The van der Waals surface area contributed by atoms with Crippen LogP contribution < -0.4 is 4.74 Å². The monoisotopic (exact) mass is 255 g/mol. The molecule has 0 aliphatic rings. The first kappa shape index (κ1) is 12.8. The number of ether oxygens (including phenoxy) is 1. The van der Waals surface area contributed by atoms with E-state index in [0.29, 0.717) is 5.69 Å². The highest BCUT2D eigenvalue weighted by atomic mass is 16.5. The molecular formula is C15H13NO3. The third-order valence-corrected chi connectivity index (χ3v) is 2.70. The Bertz CT molecular complexity index is 618. The summed E-state index contributed by atoms with van der Waals surface area (Å²) in [5.74, 6) is -0.307. The van der Waals surface area contributed by atoms with Crippen molar-refractivity contribution in [3.05, 3.63) is 54.4 Å². The molecule has 1 heterocycles. The molecule has 0 saturated heterocycles. The molecule has 0 saturated carbocycles. The Morgan fingerprint density at radius 1 is 1.26 bits per heavy atom. The van der Waals surface area contributed by atoms with Crippen LogP contribution in [0.25, 0.3) is 17.2 Å². The van der Waals surface area contributed by atoms with Gasteiger partial charge in [0, 0.05) is 0 Å². The molecule has 2 rings (SSSR count). The molecule has 0 aliphatic carbocycles. The molecule has 0 unspecified atom stereocenters. The molecule has 4 heteroatoms. The highest BCUT2D eigenvalue weighted by Crippen LogP contribution is 2.24. The fourth-order valence-corrected chi connectivity index (χ4v) is 1.72. The Kier molecular flexibility index (Phi) is 3.61. The van der Waals surface area contributed by atoms with Gasteiger partial charge in [0.25, 0.3) is 0 Å². The van der Waals surface area contributed by atoms with Gasteiger partial charge < -0.3 is 9.84 Å². The first-order valence-corrected chi connectivity index (χ1v) is 5.66. The second-order valence-electron chi connectivity index (χ2n) is 3.90. The lowest BCUT2D eigenvalue weighted by Crippen LogP contribution is -2.01. The number of aromatic carboxylic acids is 1. The van der Waals surface area contributed by atoms with E-state index in [0.717, 1.165) is 16.9 Å². The zero-order valence-corrected chi connectivity index (χ0v) is 10.5. The number of carboxylic acids is 1. The number of rotatable bonds is 4. The van der Waals surface area contributed by atoms with Gasteiger partial charge in [-0.15, -0.1) is 0 Å². The SMILES string of the molecule is C=Cc1cc(-c2ccc(OC)cc2)cc(C(=O)O)n1. The van der Waals surface area contributed by atoms with Gasteiger partial charge >= 0.3 is 5.97 Å². The Labute approximate surface area is 111 Å². The Hall–Kier alpha value is -2.62. The lowest BCUT2D eigenvalue weighted by molar-refractivity contribution is 0.0690. The summed E-state index contributed by atoms with van der Waals surface area (Å²) in [6, 6.07) is 10.7. The zero-order valence-electron chi connectivity index (χ0n) is 10.5. The molecule has 0 radical (unpaired) electrons. The first-order chi connectivity index (χ1) is 9.13. The molecule has 96 valence electrons. The number of carboxylic acid groups (broad SMARTS) is 1. The van der Waals surface area contributed by atoms with Gasteiger partial charge in [-0.1, -0.05) is 18.7 Å². The molecule has 1 N–H and O–H groups in total. The number of nitrogens with zero attached hydrogens (tertiary/aromatic N) is 1. The third-order valence-electron chi connectivity index (χ3n) is 2.70. The van der Waals surface area contributed by atoms with Crippen LogP contribution in [0.2, 0.25) is 0 Å². The molecule has 4 nitrogen and oxygen atoms in total. The second kappa shape index (κ2) is 5.35. The largest absolute Gasteiger partial charge is 0.497 e. The number of carbonyl (C=O) groups is 1. The second-order valence-corrected chi connectivity index (χ2v) is 3.90. The van der Waals surface area contributed by atoms with E-state index in [2.05, 4.69) is 11.6 Å². The van der Waals surface area contributed by atoms with Crippen molar-refractivity contribution in [2.45, 2.75) is 0 Å². The van der Waals surface area contributed by atoms with Crippen LogP contribution in [0, 0.1) is 0 Å². The van der Waals surface area contributed by atoms with Crippen LogP contribution in [-0.2, 0) is 0 Å². The van der Waals surface area contributed by atoms with Crippen LogP contribution in [0.15, 0.2) is 43.0 Å². The van der Waals surface area contributed by atoms with Crippen LogP contribution >= 0.6 is 0 Å². The van der Waals surface area contributed by atoms with Crippen LogP contribution in [0.3, 0.4) is 0 Å². The average molecular weight is 255 g/mol. The molecule has 0 spiro atoms. The number of benzene rings is 1. The highest BCUT2D eigenvalue weighted by Gasteiger charge is 2.09. The molecule has 0 bridgehead atoms. The predicted molar refractivity (Wildman–Crippen MR) is 73.3 cm³/mol. The third kappa shape index (κ3) is 2.80. The van der Waals surface area contributed by atoms with Crippen LogP contribution in [-0.4, -0.2) is 23.2 Å². The van der Waals surface area contributed by atoms with E-state index >= 15 is 0 Å². The normalized spacial score (nSPS) is 9.95. The maximum absolute atomic E-state index is 11.0. The van der Waals surface area contributed by atoms with E-state index < -0.39 is 5.97 Å². The van der Waals surface area contributed by atoms with Gasteiger partial charge in [-0.3, -0.25) is 0 Å². The quantitative estimate of drug-likeness (QED) is 0.912. The van der Waals surface area contributed by atoms with Gasteiger partial charge in [0.05, 0.1) is 12.8 Å². The molecule has 0 amide bonds. The molecule has 0 atom stereocenters. The van der Waals surface area contributed by atoms with Crippen molar-refractivity contribution in [3.8, 4) is 16.9 Å². The van der Waals surface area contributed by atoms with E-state index in [4.69, 9.17) is 9.84 Å². The minimum absolute atomic E-state index is 0.00298. The minimum atomic E-state index is -1.06. The van der Waals surface area contributed by atoms with Crippen LogP contribution in [0.1, 0.15) is 16.2 Å². The van der Waals surface area contributed by atoms with E-state index in [1.807, 2.05) is 24.3 Å². The van der Waals surface area contributed by atoms with Crippen LogP contribution in [0.4, 0.5) is 0 Å². The maximum Gasteiger partial charge on any atom is 0.354 e. The summed E-state index contributed by atoms with van der Waals surface area (Å²) in [7, 11) is 1.60. The summed E-state index contributed by atoms with van der Waals surface area (Å²) in [5.41, 5.74) is 2.22. The first-order valence-electron chi connectivity index (χ1n) is 5.66. The molecule has 2 aromatic rings. The van der Waals surface area contributed by atoms with Crippen molar-refractivity contribution in [3.63, 3.8) is 0 Å². The van der Waals surface area contributed by atoms with Gasteiger partial charge in [0.1, 0.15) is 11.4 Å². The summed E-state index contributed by atoms with van der Waals surface area (Å²) in [5, 5.41) is 9.04. The highest BCUT2D eigenvalue weighted by molar-refractivity contribution is 5.87. The van der Waals surface area contributed by atoms with Crippen molar-refractivity contribution in [1.82, 2.24) is 4.98 Å². The van der Waals surface area contributed by atoms with Crippen molar-refractivity contribution in [1.29, 1.82) is 0 Å². The summed E-state index contributed by atoms with van der Waals surface area (Å²) in [6.45, 7) is 3.62. The Balaban J connectivity index is 2.50.